The van der Waals surface area contributed by atoms with Crippen molar-refractivity contribution in [3.8, 4) is 0 Å². The fourth-order valence-corrected chi connectivity index (χ4v) is 4.65. The minimum Gasteiger partial charge on any atom is -0.311 e. The quantitative estimate of drug-likeness (QED) is 0.913. The molecule has 2 nitrogen and oxygen atoms in total. The van der Waals surface area contributed by atoms with E-state index in [1.54, 1.807) is 0 Å². The number of nitrogens with zero attached hydrogens (tertiary/aromatic N) is 1. The Morgan fingerprint density at radius 2 is 2.15 bits per heavy atom. The maximum atomic E-state index is 3.71. The molecule has 0 bridgehead atoms. The predicted octanol–water partition coefficient (Wildman–Crippen LogP) is 3.53. The molecule has 1 aromatic rings. The molecule has 1 aromatic heterocycles. The van der Waals surface area contributed by atoms with Crippen molar-refractivity contribution >= 4 is 11.3 Å². The zero-order chi connectivity index (χ0) is 13.8. The molecule has 1 saturated heterocycles. The van der Waals surface area contributed by atoms with Gasteiger partial charge in [-0.2, -0.15) is 11.3 Å². The molecule has 1 N–H and O–H groups in total. The van der Waals surface area contributed by atoms with Crippen molar-refractivity contribution in [1.82, 2.24) is 10.2 Å². The SMILES string of the molecule is CC1CN(CCc2ccsc2)C(C2CCCCC2)CN1. The van der Waals surface area contributed by atoms with Gasteiger partial charge < -0.3 is 5.32 Å². The highest BCUT2D eigenvalue weighted by Crippen LogP contribution is 2.30. The Bertz CT molecular complexity index is 384. The first-order valence-electron chi connectivity index (χ1n) is 8.31. The topological polar surface area (TPSA) is 15.3 Å². The molecule has 2 fully saturated rings. The van der Waals surface area contributed by atoms with E-state index in [0.717, 1.165) is 12.0 Å². The summed E-state index contributed by atoms with van der Waals surface area (Å²) in [6, 6.07) is 3.72. The second-order valence-corrected chi connectivity index (χ2v) is 7.43. The number of thiophene rings is 1. The van der Waals surface area contributed by atoms with Crippen LogP contribution in [0.2, 0.25) is 0 Å². The van der Waals surface area contributed by atoms with Gasteiger partial charge in [0.05, 0.1) is 0 Å². The second-order valence-electron chi connectivity index (χ2n) is 6.65. The van der Waals surface area contributed by atoms with Crippen LogP contribution in [0.25, 0.3) is 0 Å². The minimum atomic E-state index is 0.650. The summed E-state index contributed by atoms with van der Waals surface area (Å²) in [5.41, 5.74) is 1.52. The summed E-state index contributed by atoms with van der Waals surface area (Å²) in [6.07, 6.45) is 8.50. The van der Waals surface area contributed by atoms with Crippen molar-refractivity contribution in [3.63, 3.8) is 0 Å². The van der Waals surface area contributed by atoms with Gasteiger partial charge in [-0.15, -0.1) is 0 Å². The predicted molar refractivity (Wildman–Crippen MR) is 87.4 cm³/mol. The molecule has 2 heterocycles. The first kappa shape index (κ1) is 14.6. The standard InChI is InChI=1S/C17H28N2S/c1-14-12-19(9-7-15-8-10-20-13-15)17(11-18-14)16-5-3-2-4-6-16/h8,10,13-14,16-18H,2-7,9,11-12H2,1H3. The monoisotopic (exact) mass is 292 g/mol. The Morgan fingerprint density at radius 3 is 2.90 bits per heavy atom. The highest BCUT2D eigenvalue weighted by molar-refractivity contribution is 7.07. The summed E-state index contributed by atoms with van der Waals surface area (Å²) in [5.74, 6) is 0.936. The van der Waals surface area contributed by atoms with Gasteiger partial charge in [0.2, 0.25) is 0 Å². The molecule has 0 amide bonds. The highest BCUT2D eigenvalue weighted by atomic mass is 32.1. The number of rotatable bonds is 4. The maximum absolute atomic E-state index is 3.71. The summed E-state index contributed by atoms with van der Waals surface area (Å²) in [7, 11) is 0. The van der Waals surface area contributed by atoms with Gasteiger partial charge in [0, 0.05) is 31.7 Å². The van der Waals surface area contributed by atoms with Crippen molar-refractivity contribution in [1.29, 1.82) is 0 Å². The van der Waals surface area contributed by atoms with Crippen molar-refractivity contribution in [2.24, 2.45) is 5.92 Å². The van der Waals surface area contributed by atoms with Crippen molar-refractivity contribution in [3.05, 3.63) is 22.4 Å². The van der Waals surface area contributed by atoms with E-state index in [1.807, 2.05) is 11.3 Å². The zero-order valence-corrected chi connectivity index (χ0v) is 13.5. The molecular formula is C17H28N2S. The molecular weight excluding hydrogens is 264 g/mol. The fourth-order valence-electron chi connectivity index (χ4n) is 3.95. The lowest BCUT2D eigenvalue weighted by atomic mass is 9.82. The van der Waals surface area contributed by atoms with Gasteiger partial charge in [0.25, 0.3) is 0 Å². The Balaban J connectivity index is 1.60. The lowest BCUT2D eigenvalue weighted by Crippen LogP contribution is -2.58. The molecule has 0 aromatic carbocycles. The van der Waals surface area contributed by atoms with Crippen LogP contribution in [0.5, 0.6) is 0 Å². The summed E-state index contributed by atoms with van der Waals surface area (Å²) in [5, 5.41) is 8.22. The summed E-state index contributed by atoms with van der Waals surface area (Å²) in [6.45, 7) is 6.00. The van der Waals surface area contributed by atoms with Gasteiger partial charge in [-0.25, -0.2) is 0 Å². The Kier molecular flexibility index (Phi) is 5.14. The average Bonchev–Trinajstić information content (AvgIpc) is 2.99. The van der Waals surface area contributed by atoms with E-state index in [-0.39, 0.29) is 0 Å². The first-order valence-corrected chi connectivity index (χ1v) is 9.26. The van der Waals surface area contributed by atoms with E-state index < -0.39 is 0 Å². The molecule has 20 heavy (non-hydrogen) atoms. The van der Waals surface area contributed by atoms with E-state index in [0.29, 0.717) is 6.04 Å². The van der Waals surface area contributed by atoms with Crippen LogP contribution in [-0.2, 0) is 6.42 Å². The van der Waals surface area contributed by atoms with Crippen LogP contribution in [-0.4, -0.2) is 36.6 Å². The molecule has 2 atom stereocenters. The largest absolute Gasteiger partial charge is 0.311 e. The summed E-state index contributed by atoms with van der Waals surface area (Å²) in [4.78, 5) is 2.79. The Morgan fingerprint density at radius 1 is 1.30 bits per heavy atom. The Labute approximate surface area is 127 Å². The molecule has 2 unspecified atom stereocenters. The van der Waals surface area contributed by atoms with Crippen LogP contribution < -0.4 is 5.32 Å². The van der Waals surface area contributed by atoms with E-state index >= 15 is 0 Å². The number of hydrogen-bond donors (Lipinski definition) is 1. The molecule has 0 spiro atoms. The number of piperazine rings is 1. The molecule has 112 valence electrons. The average molecular weight is 292 g/mol. The van der Waals surface area contributed by atoms with Crippen molar-refractivity contribution in [2.45, 2.75) is 57.5 Å². The summed E-state index contributed by atoms with van der Waals surface area (Å²) < 4.78 is 0. The lowest BCUT2D eigenvalue weighted by molar-refractivity contribution is 0.0764. The third-order valence-electron chi connectivity index (χ3n) is 5.11. The third-order valence-corrected chi connectivity index (χ3v) is 5.85. The maximum Gasteiger partial charge on any atom is 0.0249 e. The van der Waals surface area contributed by atoms with Crippen LogP contribution in [0.15, 0.2) is 16.8 Å². The zero-order valence-electron chi connectivity index (χ0n) is 12.7. The van der Waals surface area contributed by atoms with E-state index in [1.165, 1.54) is 63.7 Å². The molecule has 3 rings (SSSR count). The van der Waals surface area contributed by atoms with E-state index in [2.05, 4.69) is 34.0 Å². The molecule has 0 radical (unpaired) electrons. The number of hydrogen-bond acceptors (Lipinski definition) is 3. The fraction of sp³-hybridized carbons (Fsp3) is 0.765. The molecule has 3 heteroatoms. The first-order chi connectivity index (χ1) is 9.83. The minimum absolute atomic E-state index is 0.650. The van der Waals surface area contributed by atoms with Crippen LogP contribution in [0, 0.1) is 5.92 Å². The van der Waals surface area contributed by atoms with E-state index in [4.69, 9.17) is 0 Å². The smallest absolute Gasteiger partial charge is 0.0249 e. The Hall–Kier alpha value is -0.380. The molecule has 2 aliphatic rings. The lowest BCUT2D eigenvalue weighted by Gasteiger charge is -2.44. The van der Waals surface area contributed by atoms with Crippen LogP contribution in [0.4, 0.5) is 0 Å². The second kappa shape index (κ2) is 7.06. The molecule has 1 aliphatic carbocycles. The third kappa shape index (κ3) is 3.63. The van der Waals surface area contributed by atoms with Crippen molar-refractivity contribution < 1.29 is 0 Å². The van der Waals surface area contributed by atoms with Crippen LogP contribution in [0.1, 0.15) is 44.6 Å². The highest BCUT2D eigenvalue weighted by Gasteiger charge is 2.32. The van der Waals surface area contributed by atoms with Gasteiger partial charge in [-0.05, 0) is 54.5 Å². The molecule has 1 saturated carbocycles. The van der Waals surface area contributed by atoms with Gasteiger partial charge >= 0.3 is 0 Å². The van der Waals surface area contributed by atoms with Crippen LogP contribution >= 0.6 is 11.3 Å². The normalized spacial score (nSPS) is 29.6. The van der Waals surface area contributed by atoms with Crippen molar-refractivity contribution in [2.75, 3.05) is 19.6 Å². The van der Waals surface area contributed by atoms with E-state index in [9.17, 15) is 0 Å². The number of nitrogens with one attached hydrogen (secondary N) is 1. The van der Waals surface area contributed by atoms with Gasteiger partial charge in [-0.1, -0.05) is 19.3 Å². The molecule has 1 aliphatic heterocycles. The van der Waals surface area contributed by atoms with Gasteiger partial charge in [0.15, 0.2) is 0 Å². The summed E-state index contributed by atoms with van der Waals surface area (Å²) >= 11 is 1.82. The van der Waals surface area contributed by atoms with Gasteiger partial charge in [-0.3, -0.25) is 4.90 Å². The van der Waals surface area contributed by atoms with Gasteiger partial charge in [0.1, 0.15) is 0 Å². The van der Waals surface area contributed by atoms with Crippen LogP contribution in [0.3, 0.4) is 0 Å².